The lowest BCUT2D eigenvalue weighted by Crippen LogP contribution is -2.47. The lowest BCUT2D eigenvalue weighted by Gasteiger charge is -2.27. The maximum atomic E-state index is 13.0. The summed E-state index contributed by atoms with van der Waals surface area (Å²) in [4.78, 5) is 11.9. The summed E-state index contributed by atoms with van der Waals surface area (Å²) in [6.07, 6.45) is 0.727. The molecule has 1 aromatic rings. The van der Waals surface area contributed by atoms with E-state index in [0.29, 0.717) is 11.4 Å². The second-order valence-corrected chi connectivity index (χ2v) is 5.25. The fraction of sp³-hybridized carbons (Fsp3) is 0.417. The van der Waals surface area contributed by atoms with E-state index in [1.165, 1.54) is 18.2 Å². The molecule has 0 spiro atoms. The first kappa shape index (κ1) is 14.5. The van der Waals surface area contributed by atoms with E-state index in [1.54, 1.807) is 0 Å². The van der Waals surface area contributed by atoms with Crippen LogP contribution in [-0.2, 0) is 0 Å². The van der Waals surface area contributed by atoms with Crippen molar-refractivity contribution in [1.29, 1.82) is 0 Å². The zero-order chi connectivity index (χ0) is 13.1. The minimum atomic E-state index is -0.445. The van der Waals surface area contributed by atoms with Crippen LogP contribution in [0.1, 0.15) is 30.6 Å². The van der Waals surface area contributed by atoms with Gasteiger partial charge in [-0.25, -0.2) is 4.39 Å². The summed E-state index contributed by atoms with van der Waals surface area (Å²) in [5, 5.41) is 2.84. The van der Waals surface area contributed by atoms with Crippen LogP contribution in [0.25, 0.3) is 0 Å². The highest BCUT2D eigenvalue weighted by Gasteiger charge is 2.23. The Morgan fingerprint density at radius 3 is 2.71 bits per heavy atom. The minimum absolute atomic E-state index is 0.254. The number of benzene rings is 1. The Balaban J connectivity index is 2.86. The number of alkyl halides is 1. The number of rotatable bonds is 4. The Morgan fingerprint density at radius 1 is 1.59 bits per heavy atom. The molecule has 0 radical (unpaired) electrons. The predicted molar refractivity (Wildman–Crippen MR) is 71.0 cm³/mol. The second-order valence-electron chi connectivity index (χ2n) is 4.13. The molecule has 1 aromatic carbocycles. The molecule has 1 N–H and O–H groups in total. The van der Waals surface area contributed by atoms with E-state index in [0.717, 1.165) is 6.42 Å². The van der Waals surface area contributed by atoms with E-state index < -0.39 is 11.4 Å². The first-order valence-corrected chi connectivity index (χ1v) is 6.58. The monoisotopic (exact) mass is 321 g/mol. The van der Waals surface area contributed by atoms with Crippen LogP contribution in [0.4, 0.5) is 4.39 Å². The van der Waals surface area contributed by atoms with Gasteiger partial charge in [0, 0.05) is 11.4 Å². The highest BCUT2D eigenvalue weighted by atomic mass is 79.9. The molecule has 0 aromatic heterocycles. The summed E-state index contributed by atoms with van der Waals surface area (Å²) in [5.41, 5.74) is -0.0393. The van der Waals surface area contributed by atoms with Gasteiger partial charge in [0.25, 0.3) is 5.91 Å². The fourth-order valence-electron chi connectivity index (χ4n) is 1.20. The van der Waals surface area contributed by atoms with Crippen LogP contribution in [0.5, 0.6) is 0 Å². The topological polar surface area (TPSA) is 29.1 Å². The standard InChI is InChI=1S/C12H14BrClFNO/c1-3-12(2,7-14)16-11(17)8-4-5-10(15)9(13)6-8/h4-6H,3,7H2,1-2H3,(H,16,17). The molecule has 0 aliphatic rings. The summed E-state index contributed by atoms with van der Waals surface area (Å²) >= 11 is 8.86. The largest absolute Gasteiger partial charge is 0.346 e. The number of nitrogens with one attached hydrogen (secondary N) is 1. The number of carbonyl (C=O) groups is 1. The fourth-order valence-corrected chi connectivity index (χ4v) is 1.83. The zero-order valence-electron chi connectivity index (χ0n) is 9.69. The van der Waals surface area contributed by atoms with Gasteiger partial charge in [-0.15, -0.1) is 11.6 Å². The van der Waals surface area contributed by atoms with Crippen molar-refractivity contribution in [1.82, 2.24) is 5.32 Å². The average molecular weight is 323 g/mol. The van der Waals surface area contributed by atoms with Gasteiger partial charge < -0.3 is 5.32 Å². The van der Waals surface area contributed by atoms with Crippen LogP contribution in [0.15, 0.2) is 22.7 Å². The normalized spacial score (nSPS) is 14.2. The van der Waals surface area contributed by atoms with Crippen molar-refractivity contribution in [2.45, 2.75) is 25.8 Å². The first-order chi connectivity index (χ1) is 7.91. The van der Waals surface area contributed by atoms with Crippen LogP contribution in [0.2, 0.25) is 0 Å². The van der Waals surface area contributed by atoms with E-state index in [2.05, 4.69) is 21.2 Å². The molecule has 0 aliphatic carbocycles. The summed E-state index contributed by atoms with van der Waals surface area (Å²) in [5.74, 6) is -0.315. The van der Waals surface area contributed by atoms with Crippen LogP contribution < -0.4 is 5.32 Å². The van der Waals surface area contributed by atoms with Crippen LogP contribution >= 0.6 is 27.5 Å². The molecule has 1 atom stereocenters. The summed E-state index contributed by atoms with van der Waals surface area (Å²) in [6.45, 7) is 3.82. The molecule has 1 amide bonds. The van der Waals surface area contributed by atoms with Gasteiger partial charge in [0.05, 0.1) is 10.0 Å². The van der Waals surface area contributed by atoms with E-state index in [1.807, 2.05) is 13.8 Å². The third kappa shape index (κ3) is 3.68. The van der Waals surface area contributed by atoms with Gasteiger partial charge in [0.2, 0.25) is 0 Å². The predicted octanol–water partition coefficient (Wildman–Crippen LogP) is 3.73. The van der Waals surface area contributed by atoms with Gasteiger partial charge in [-0.05, 0) is 47.5 Å². The van der Waals surface area contributed by atoms with Crippen molar-refractivity contribution in [3.8, 4) is 0 Å². The van der Waals surface area contributed by atoms with Crippen molar-refractivity contribution >= 4 is 33.4 Å². The molecule has 0 saturated carbocycles. The lowest BCUT2D eigenvalue weighted by atomic mass is 10.0. The van der Waals surface area contributed by atoms with Crippen molar-refractivity contribution in [3.63, 3.8) is 0 Å². The maximum absolute atomic E-state index is 13.0. The molecule has 0 aliphatic heterocycles. The number of hydrogen-bond acceptors (Lipinski definition) is 1. The van der Waals surface area contributed by atoms with Crippen LogP contribution in [0.3, 0.4) is 0 Å². The molecular weight excluding hydrogens is 308 g/mol. The third-order valence-corrected chi connectivity index (χ3v) is 3.87. The Bertz CT molecular complexity index is 421. The van der Waals surface area contributed by atoms with E-state index >= 15 is 0 Å². The van der Waals surface area contributed by atoms with Gasteiger partial charge in [0.15, 0.2) is 0 Å². The third-order valence-electron chi connectivity index (χ3n) is 2.67. The molecule has 0 bridgehead atoms. The van der Waals surface area contributed by atoms with E-state index in [9.17, 15) is 9.18 Å². The van der Waals surface area contributed by atoms with Crippen molar-refractivity contribution in [2.24, 2.45) is 0 Å². The number of carbonyl (C=O) groups excluding carboxylic acids is 1. The Kier molecular flexibility index (Phi) is 4.95. The Hall–Kier alpha value is -0.610. The zero-order valence-corrected chi connectivity index (χ0v) is 12.0. The van der Waals surface area contributed by atoms with Crippen LogP contribution in [0, 0.1) is 5.82 Å². The number of amides is 1. The van der Waals surface area contributed by atoms with Gasteiger partial charge in [-0.2, -0.15) is 0 Å². The van der Waals surface area contributed by atoms with Gasteiger partial charge in [-0.3, -0.25) is 4.79 Å². The first-order valence-electron chi connectivity index (χ1n) is 5.25. The van der Waals surface area contributed by atoms with Crippen molar-refractivity contribution in [3.05, 3.63) is 34.1 Å². The van der Waals surface area contributed by atoms with E-state index in [-0.39, 0.29) is 10.4 Å². The van der Waals surface area contributed by atoms with Gasteiger partial charge in [-0.1, -0.05) is 6.92 Å². The molecule has 5 heteroatoms. The molecule has 0 heterocycles. The summed E-state index contributed by atoms with van der Waals surface area (Å²) in [7, 11) is 0. The molecule has 1 unspecified atom stereocenters. The van der Waals surface area contributed by atoms with Crippen LogP contribution in [-0.4, -0.2) is 17.3 Å². The molecule has 0 fully saturated rings. The maximum Gasteiger partial charge on any atom is 0.251 e. The highest BCUT2D eigenvalue weighted by Crippen LogP contribution is 2.18. The Labute approximate surface area is 114 Å². The summed E-state index contributed by atoms with van der Waals surface area (Å²) < 4.78 is 13.3. The molecule has 94 valence electrons. The van der Waals surface area contributed by atoms with Gasteiger partial charge >= 0.3 is 0 Å². The molecule has 2 nitrogen and oxygen atoms in total. The average Bonchev–Trinajstić information content (AvgIpc) is 2.32. The van der Waals surface area contributed by atoms with Gasteiger partial charge in [0.1, 0.15) is 5.82 Å². The lowest BCUT2D eigenvalue weighted by molar-refractivity contribution is 0.0912. The molecule has 0 saturated heterocycles. The Morgan fingerprint density at radius 2 is 2.24 bits per heavy atom. The molecule has 17 heavy (non-hydrogen) atoms. The van der Waals surface area contributed by atoms with Crippen molar-refractivity contribution in [2.75, 3.05) is 5.88 Å². The second kappa shape index (κ2) is 5.83. The number of hydrogen-bond donors (Lipinski definition) is 1. The number of halogens is 3. The minimum Gasteiger partial charge on any atom is -0.346 e. The van der Waals surface area contributed by atoms with E-state index in [4.69, 9.17) is 11.6 Å². The molecular formula is C12H14BrClFNO. The summed E-state index contributed by atoms with van der Waals surface area (Å²) in [6, 6.07) is 4.15. The van der Waals surface area contributed by atoms with Crippen molar-refractivity contribution < 1.29 is 9.18 Å². The quantitative estimate of drug-likeness (QED) is 0.841. The highest BCUT2D eigenvalue weighted by molar-refractivity contribution is 9.10. The molecule has 1 rings (SSSR count). The SMILES string of the molecule is CCC(C)(CCl)NC(=O)c1ccc(F)c(Br)c1. The smallest absolute Gasteiger partial charge is 0.251 e.